The second kappa shape index (κ2) is 64.6. The first-order valence-corrected chi connectivity index (χ1v) is 32.4. The van der Waals surface area contributed by atoms with E-state index in [1.165, 1.54) is 135 Å². The summed E-state index contributed by atoms with van der Waals surface area (Å²) in [5, 5.41) is 0. The fourth-order valence-electron chi connectivity index (χ4n) is 8.95. The minimum absolute atomic E-state index is 0.0875. The van der Waals surface area contributed by atoms with Crippen molar-refractivity contribution in [1.29, 1.82) is 0 Å². The van der Waals surface area contributed by atoms with Crippen LogP contribution >= 0.6 is 0 Å². The van der Waals surface area contributed by atoms with E-state index in [-0.39, 0.29) is 31.1 Å². The predicted octanol–water partition coefficient (Wildman–Crippen LogP) is 22.2. The Morgan fingerprint density at radius 2 is 0.506 bits per heavy atom. The van der Waals surface area contributed by atoms with Gasteiger partial charge in [0.2, 0.25) is 0 Å². The molecule has 0 amide bonds. The summed E-state index contributed by atoms with van der Waals surface area (Å²) in [5.41, 5.74) is 0. The Labute approximate surface area is 476 Å². The number of hydrogen-bond donors (Lipinski definition) is 0. The first-order valence-electron chi connectivity index (χ1n) is 32.4. The second-order valence-corrected chi connectivity index (χ2v) is 21.3. The summed E-state index contributed by atoms with van der Waals surface area (Å²) in [7, 11) is 0. The Hall–Kier alpha value is -3.93. The molecule has 0 saturated carbocycles. The van der Waals surface area contributed by atoms with Crippen LogP contribution in [-0.2, 0) is 28.6 Å². The Bertz CT molecular complexity index is 1560. The maximum Gasteiger partial charge on any atom is 0.306 e. The van der Waals surface area contributed by atoms with E-state index in [9.17, 15) is 14.4 Å². The zero-order valence-corrected chi connectivity index (χ0v) is 50.4. The zero-order chi connectivity index (χ0) is 55.7. The van der Waals surface area contributed by atoms with Crippen LogP contribution in [0.2, 0.25) is 0 Å². The lowest BCUT2D eigenvalue weighted by Gasteiger charge is -2.18. The maximum atomic E-state index is 12.9. The molecule has 0 aromatic heterocycles. The number of carbonyl (C=O) groups excluding carboxylic acids is 3. The summed E-state index contributed by atoms with van der Waals surface area (Å²) in [5.74, 6) is -0.903. The quantitative estimate of drug-likeness (QED) is 0.0261. The average molecular weight is 1070 g/mol. The van der Waals surface area contributed by atoms with Crippen molar-refractivity contribution in [2.24, 2.45) is 0 Å². The van der Waals surface area contributed by atoms with Crippen LogP contribution in [0.4, 0.5) is 0 Å². The summed E-state index contributed by atoms with van der Waals surface area (Å²) in [6.45, 7) is 6.41. The fourth-order valence-corrected chi connectivity index (χ4v) is 8.95. The normalized spacial score (nSPS) is 12.8. The van der Waals surface area contributed by atoms with Gasteiger partial charge in [0.05, 0.1) is 0 Å². The van der Waals surface area contributed by atoms with Crippen molar-refractivity contribution in [2.75, 3.05) is 13.2 Å². The van der Waals surface area contributed by atoms with E-state index in [1.54, 1.807) is 0 Å². The molecule has 0 N–H and O–H groups in total. The molecule has 0 aliphatic rings. The van der Waals surface area contributed by atoms with Crippen molar-refractivity contribution in [2.45, 2.75) is 309 Å². The Morgan fingerprint density at radius 3 is 0.805 bits per heavy atom. The first kappa shape index (κ1) is 73.1. The van der Waals surface area contributed by atoms with Gasteiger partial charge in [0, 0.05) is 19.3 Å². The molecule has 6 heteroatoms. The molecule has 1 unspecified atom stereocenters. The lowest BCUT2D eigenvalue weighted by Crippen LogP contribution is -2.30. The van der Waals surface area contributed by atoms with Gasteiger partial charge in [-0.3, -0.25) is 14.4 Å². The van der Waals surface area contributed by atoms with E-state index < -0.39 is 6.10 Å². The second-order valence-electron chi connectivity index (χ2n) is 21.3. The largest absolute Gasteiger partial charge is 0.462 e. The summed E-state index contributed by atoms with van der Waals surface area (Å²) in [6, 6.07) is 0. The topological polar surface area (TPSA) is 78.9 Å². The van der Waals surface area contributed by atoms with E-state index in [0.717, 1.165) is 128 Å². The van der Waals surface area contributed by atoms with Gasteiger partial charge in [0.15, 0.2) is 6.10 Å². The van der Waals surface area contributed by atoms with Gasteiger partial charge in [0.1, 0.15) is 13.2 Å². The minimum Gasteiger partial charge on any atom is -0.462 e. The molecular weight excluding hydrogens is 949 g/mol. The van der Waals surface area contributed by atoms with Crippen LogP contribution in [0.5, 0.6) is 0 Å². The third kappa shape index (κ3) is 62.8. The molecule has 0 heterocycles. The van der Waals surface area contributed by atoms with E-state index in [4.69, 9.17) is 14.2 Å². The fraction of sp³-hybridized carbons (Fsp3) is 0.704. The molecule has 0 bridgehead atoms. The van der Waals surface area contributed by atoms with Crippen molar-refractivity contribution in [3.05, 3.63) is 109 Å². The summed E-state index contributed by atoms with van der Waals surface area (Å²) in [6.07, 6.45) is 88.0. The number of allylic oxidation sites excluding steroid dienone is 18. The highest BCUT2D eigenvalue weighted by molar-refractivity contribution is 5.71. The average Bonchev–Trinajstić information content (AvgIpc) is 3.43. The van der Waals surface area contributed by atoms with Gasteiger partial charge >= 0.3 is 17.9 Å². The molecule has 1 atom stereocenters. The van der Waals surface area contributed by atoms with E-state index in [0.29, 0.717) is 19.3 Å². The molecule has 0 saturated heterocycles. The zero-order valence-electron chi connectivity index (χ0n) is 50.4. The molecule has 0 radical (unpaired) electrons. The highest BCUT2D eigenvalue weighted by atomic mass is 16.6. The molecule has 0 aromatic carbocycles. The summed E-state index contributed by atoms with van der Waals surface area (Å²) in [4.78, 5) is 38.4. The van der Waals surface area contributed by atoms with E-state index >= 15 is 0 Å². The van der Waals surface area contributed by atoms with Gasteiger partial charge in [-0.05, 0) is 122 Å². The monoisotopic (exact) mass is 1070 g/mol. The molecule has 0 aromatic rings. The summed E-state index contributed by atoms with van der Waals surface area (Å²) < 4.78 is 16.9. The van der Waals surface area contributed by atoms with Crippen molar-refractivity contribution in [3.8, 4) is 0 Å². The minimum atomic E-state index is -0.793. The van der Waals surface area contributed by atoms with Crippen LogP contribution in [0.3, 0.4) is 0 Å². The van der Waals surface area contributed by atoms with Gasteiger partial charge in [-0.15, -0.1) is 0 Å². The van der Waals surface area contributed by atoms with Gasteiger partial charge in [-0.1, -0.05) is 271 Å². The van der Waals surface area contributed by atoms with Gasteiger partial charge in [0.25, 0.3) is 0 Å². The third-order valence-corrected chi connectivity index (χ3v) is 13.7. The lowest BCUT2D eigenvalue weighted by molar-refractivity contribution is -0.167. The Morgan fingerprint density at radius 1 is 0.273 bits per heavy atom. The molecular formula is C71H120O6. The van der Waals surface area contributed by atoms with Crippen LogP contribution in [0.15, 0.2) is 109 Å². The van der Waals surface area contributed by atoms with Crippen LogP contribution < -0.4 is 0 Å². The van der Waals surface area contributed by atoms with Crippen LogP contribution in [0, 0.1) is 0 Å². The standard InChI is InChI=1S/C71H120O6/c1-4-7-10-13-16-19-22-25-28-30-32-33-34-35-36-37-39-40-43-46-49-52-55-58-61-64-70(73)76-67-68(66-75-69(72)63-60-57-54-51-48-45-42-27-24-21-18-15-12-9-6-3)77-71(74)65-62-59-56-53-50-47-44-41-38-31-29-26-23-20-17-14-11-8-5-2/h7-8,10-11,16-17,19-20,25-29,32-33,38,41-42,68H,4-6,9,12-15,18,21-24,30-31,34-37,39-40,43-67H2,1-3H3/b10-7-,11-8-,19-16-,20-17-,28-25-,29-26-,33-32-,41-38-,42-27-. The summed E-state index contributed by atoms with van der Waals surface area (Å²) >= 11 is 0. The van der Waals surface area contributed by atoms with Crippen molar-refractivity contribution in [1.82, 2.24) is 0 Å². The molecule has 0 aliphatic heterocycles. The van der Waals surface area contributed by atoms with Gasteiger partial charge in [-0.25, -0.2) is 0 Å². The molecule has 0 aliphatic carbocycles. The maximum absolute atomic E-state index is 12.9. The SMILES string of the molecule is CC/C=C\C/C=C\C/C=C\C/C=C\CCCCCCCCCCCCCCC(=O)OCC(COC(=O)CCCCCCC/C=C\CCCCCCCC)OC(=O)CCCCCCCC/C=C\C/C=C\C/C=C\C/C=C\CC. The van der Waals surface area contributed by atoms with Crippen molar-refractivity contribution < 1.29 is 28.6 Å². The Kier molecular flexibility index (Phi) is 61.3. The molecule has 77 heavy (non-hydrogen) atoms. The van der Waals surface area contributed by atoms with Crippen molar-refractivity contribution >= 4 is 17.9 Å². The van der Waals surface area contributed by atoms with E-state index in [2.05, 4.69) is 130 Å². The molecule has 0 spiro atoms. The lowest BCUT2D eigenvalue weighted by atomic mass is 10.0. The van der Waals surface area contributed by atoms with E-state index in [1.807, 2.05) is 0 Å². The number of ether oxygens (including phenoxy) is 3. The Balaban J connectivity index is 4.37. The van der Waals surface area contributed by atoms with Crippen molar-refractivity contribution in [3.63, 3.8) is 0 Å². The number of carbonyl (C=O) groups is 3. The smallest absolute Gasteiger partial charge is 0.306 e. The first-order chi connectivity index (χ1) is 38.0. The van der Waals surface area contributed by atoms with Crippen LogP contribution in [-0.4, -0.2) is 37.2 Å². The van der Waals surface area contributed by atoms with Crippen LogP contribution in [0.1, 0.15) is 303 Å². The predicted molar refractivity (Wildman–Crippen MR) is 334 cm³/mol. The van der Waals surface area contributed by atoms with Gasteiger partial charge in [-0.2, -0.15) is 0 Å². The molecule has 0 fully saturated rings. The number of rotatable bonds is 58. The molecule has 440 valence electrons. The number of hydrogen-bond acceptors (Lipinski definition) is 6. The van der Waals surface area contributed by atoms with Crippen LogP contribution in [0.25, 0.3) is 0 Å². The number of unbranched alkanes of at least 4 members (excludes halogenated alkanes) is 29. The number of esters is 3. The highest BCUT2D eigenvalue weighted by Gasteiger charge is 2.19. The highest BCUT2D eigenvalue weighted by Crippen LogP contribution is 2.16. The third-order valence-electron chi connectivity index (χ3n) is 13.7. The molecule has 6 nitrogen and oxygen atoms in total. The molecule has 0 rings (SSSR count). The van der Waals surface area contributed by atoms with Gasteiger partial charge < -0.3 is 14.2 Å².